The van der Waals surface area contributed by atoms with Gasteiger partial charge in [0.25, 0.3) is 0 Å². The van der Waals surface area contributed by atoms with E-state index in [0.29, 0.717) is 36.1 Å². The average Bonchev–Trinajstić information content (AvgIpc) is 3.35. The summed E-state index contributed by atoms with van der Waals surface area (Å²) < 4.78 is 5.50. The highest BCUT2D eigenvalue weighted by Gasteiger charge is 2.16. The van der Waals surface area contributed by atoms with Crippen LogP contribution in [0.5, 0.6) is 0 Å². The van der Waals surface area contributed by atoms with E-state index in [4.69, 9.17) is 21.9 Å². The largest absolute Gasteiger partial charge is 0.467 e. The third-order valence-electron chi connectivity index (χ3n) is 5.29. The molecule has 0 spiro atoms. The van der Waals surface area contributed by atoms with E-state index >= 15 is 0 Å². The summed E-state index contributed by atoms with van der Waals surface area (Å²) in [6, 6.07) is 18.2. The Morgan fingerprint density at radius 3 is 2.59 bits per heavy atom. The van der Waals surface area contributed by atoms with Gasteiger partial charge in [0.2, 0.25) is 0 Å². The zero-order valence-corrected chi connectivity index (χ0v) is 19.8. The standard InChI is InChI=1S/C25H25N7OS/c1-31(2)23-11-10-21(19-8-3-4-9-20(19)23)29-25(34)30-22-15-27-17-28-24(22)32(13-6-12-26)16-18-7-5-14-33-18/h3-5,7-11,14-15,17H,6,13,16H2,1-2H3,(H2,29,30,34). The Morgan fingerprint density at radius 2 is 1.85 bits per heavy atom. The van der Waals surface area contributed by atoms with Crippen LogP contribution in [0.2, 0.25) is 0 Å². The highest BCUT2D eigenvalue weighted by molar-refractivity contribution is 7.80. The van der Waals surface area contributed by atoms with Crippen molar-refractivity contribution in [3.8, 4) is 6.07 Å². The lowest BCUT2D eigenvalue weighted by Gasteiger charge is -2.24. The fraction of sp³-hybridized carbons (Fsp3) is 0.200. The molecule has 2 heterocycles. The van der Waals surface area contributed by atoms with Crippen molar-refractivity contribution >= 4 is 51.0 Å². The summed E-state index contributed by atoms with van der Waals surface area (Å²) in [5, 5.41) is 18.3. The van der Waals surface area contributed by atoms with Crippen LogP contribution in [-0.2, 0) is 6.54 Å². The molecule has 0 aliphatic carbocycles. The first-order valence-corrected chi connectivity index (χ1v) is 11.2. The molecule has 8 nitrogen and oxygen atoms in total. The predicted molar refractivity (Wildman–Crippen MR) is 140 cm³/mol. The molecule has 0 aliphatic rings. The smallest absolute Gasteiger partial charge is 0.175 e. The number of nitrogens with one attached hydrogen (secondary N) is 2. The molecule has 0 atom stereocenters. The minimum absolute atomic E-state index is 0.344. The fourth-order valence-corrected chi connectivity index (χ4v) is 3.98. The van der Waals surface area contributed by atoms with Crippen molar-refractivity contribution in [3.05, 3.63) is 73.1 Å². The van der Waals surface area contributed by atoms with Gasteiger partial charge in [0.05, 0.1) is 31.5 Å². The summed E-state index contributed by atoms with van der Waals surface area (Å²) in [6.45, 7) is 0.955. The lowest BCUT2D eigenvalue weighted by molar-refractivity contribution is 0.501. The summed E-state index contributed by atoms with van der Waals surface area (Å²) >= 11 is 5.64. The minimum Gasteiger partial charge on any atom is -0.467 e. The van der Waals surface area contributed by atoms with Crippen molar-refractivity contribution < 1.29 is 4.42 Å². The maximum Gasteiger partial charge on any atom is 0.175 e. The summed E-state index contributed by atoms with van der Waals surface area (Å²) in [5.74, 6) is 1.41. The molecule has 0 amide bonds. The van der Waals surface area contributed by atoms with Gasteiger partial charge in [-0.25, -0.2) is 9.97 Å². The second-order valence-corrected chi connectivity index (χ2v) is 8.23. The van der Waals surface area contributed by atoms with Gasteiger partial charge in [-0.15, -0.1) is 0 Å². The van der Waals surface area contributed by atoms with Crippen molar-refractivity contribution in [1.82, 2.24) is 9.97 Å². The maximum atomic E-state index is 9.12. The number of nitriles is 1. The van der Waals surface area contributed by atoms with E-state index < -0.39 is 0 Å². The molecule has 0 fully saturated rings. The van der Waals surface area contributed by atoms with E-state index in [9.17, 15) is 0 Å². The number of nitrogens with zero attached hydrogens (tertiary/aromatic N) is 5. The number of thiocarbonyl (C=S) groups is 1. The third kappa shape index (κ3) is 5.24. The Bertz CT molecular complexity index is 1310. The van der Waals surface area contributed by atoms with Crippen LogP contribution in [0.4, 0.5) is 22.9 Å². The van der Waals surface area contributed by atoms with Gasteiger partial charge in [-0.2, -0.15) is 5.26 Å². The average molecular weight is 472 g/mol. The summed E-state index contributed by atoms with van der Waals surface area (Å²) in [5.41, 5.74) is 2.66. The van der Waals surface area contributed by atoms with Crippen LogP contribution >= 0.6 is 12.2 Å². The van der Waals surface area contributed by atoms with Gasteiger partial charge in [-0.1, -0.05) is 24.3 Å². The van der Waals surface area contributed by atoms with Crippen molar-refractivity contribution in [2.75, 3.05) is 41.1 Å². The molecule has 0 saturated heterocycles. The van der Waals surface area contributed by atoms with Crippen LogP contribution in [0.15, 0.2) is 71.7 Å². The van der Waals surface area contributed by atoms with Gasteiger partial charge in [0.15, 0.2) is 10.9 Å². The first-order valence-electron chi connectivity index (χ1n) is 10.8. The Kier molecular flexibility index (Phi) is 7.20. The summed E-state index contributed by atoms with van der Waals surface area (Å²) in [6.07, 6.45) is 5.12. The molecule has 0 saturated carbocycles. The molecule has 4 rings (SSSR count). The molecule has 0 radical (unpaired) electrons. The van der Waals surface area contributed by atoms with Gasteiger partial charge in [0.1, 0.15) is 17.8 Å². The highest BCUT2D eigenvalue weighted by Crippen LogP contribution is 2.32. The number of hydrogen-bond acceptors (Lipinski definition) is 7. The van der Waals surface area contributed by atoms with Crippen molar-refractivity contribution in [3.63, 3.8) is 0 Å². The van der Waals surface area contributed by atoms with E-state index in [1.165, 1.54) is 6.33 Å². The lowest BCUT2D eigenvalue weighted by atomic mass is 10.1. The van der Waals surface area contributed by atoms with Crippen LogP contribution in [0, 0.1) is 11.3 Å². The molecule has 9 heteroatoms. The number of rotatable bonds is 8. The van der Waals surface area contributed by atoms with Gasteiger partial charge >= 0.3 is 0 Å². The number of anilines is 4. The van der Waals surface area contributed by atoms with E-state index in [-0.39, 0.29) is 0 Å². The number of furan rings is 1. The monoisotopic (exact) mass is 471 g/mol. The molecular formula is C25H25N7OS. The molecule has 2 aromatic heterocycles. The second kappa shape index (κ2) is 10.6. The fourth-order valence-electron chi connectivity index (χ4n) is 3.76. The maximum absolute atomic E-state index is 9.12. The Morgan fingerprint density at radius 1 is 1.06 bits per heavy atom. The highest BCUT2D eigenvalue weighted by atomic mass is 32.1. The van der Waals surface area contributed by atoms with Crippen molar-refractivity contribution in [1.29, 1.82) is 5.26 Å². The van der Waals surface area contributed by atoms with Crippen LogP contribution in [-0.4, -0.2) is 35.7 Å². The molecule has 0 aliphatic heterocycles. The quantitative estimate of drug-likeness (QED) is 0.344. The normalized spacial score (nSPS) is 10.5. The van der Waals surface area contributed by atoms with E-state index in [1.807, 2.05) is 49.3 Å². The van der Waals surface area contributed by atoms with Crippen molar-refractivity contribution in [2.24, 2.45) is 0 Å². The third-order valence-corrected chi connectivity index (χ3v) is 5.49. The summed E-state index contributed by atoms with van der Waals surface area (Å²) in [4.78, 5) is 12.7. The first-order chi connectivity index (χ1) is 16.6. The van der Waals surface area contributed by atoms with Crippen LogP contribution in [0.1, 0.15) is 12.2 Å². The van der Waals surface area contributed by atoms with E-state index in [1.54, 1.807) is 12.5 Å². The molecule has 0 bridgehead atoms. The van der Waals surface area contributed by atoms with Gasteiger partial charge in [-0.05, 0) is 36.5 Å². The molecule has 2 aromatic carbocycles. The molecule has 2 N–H and O–H groups in total. The van der Waals surface area contributed by atoms with Crippen LogP contribution < -0.4 is 20.4 Å². The number of fused-ring (bicyclic) bond motifs is 1. The predicted octanol–water partition coefficient (Wildman–Crippen LogP) is 5.02. The van der Waals surface area contributed by atoms with Crippen molar-refractivity contribution in [2.45, 2.75) is 13.0 Å². The van der Waals surface area contributed by atoms with Crippen LogP contribution in [0.3, 0.4) is 0 Å². The molecule has 172 valence electrons. The number of aromatic nitrogens is 2. The topological polar surface area (TPSA) is 93.2 Å². The second-order valence-electron chi connectivity index (χ2n) is 7.82. The minimum atomic E-state index is 0.344. The SMILES string of the molecule is CN(C)c1ccc(NC(=S)Nc2cncnc2N(CCC#N)Cc2ccco2)c2ccccc12. The zero-order valence-electron chi connectivity index (χ0n) is 19.0. The molecule has 0 unspecified atom stereocenters. The number of benzene rings is 2. The van der Waals surface area contributed by atoms with Gasteiger partial charge in [0, 0.05) is 42.8 Å². The van der Waals surface area contributed by atoms with Gasteiger partial charge in [-0.3, -0.25) is 0 Å². The lowest BCUT2D eigenvalue weighted by Crippen LogP contribution is -2.27. The van der Waals surface area contributed by atoms with E-state index in [0.717, 1.165) is 27.9 Å². The molecule has 34 heavy (non-hydrogen) atoms. The Balaban J connectivity index is 1.58. The zero-order chi connectivity index (χ0) is 23.9. The number of hydrogen-bond donors (Lipinski definition) is 2. The molecule has 4 aromatic rings. The first kappa shape index (κ1) is 23.0. The molecular weight excluding hydrogens is 446 g/mol. The van der Waals surface area contributed by atoms with Crippen LogP contribution in [0.25, 0.3) is 10.8 Å². The Hall–Kier alpha value is -4.16. The van der Waals surface area contributed by atoms with E-state index in [2.05, 4.69) is 49.8 Å². The summed E-state index contributed by atoms with van der Waals surface area (Å²) in [7, 11) is 4.05. The van der Waals surface area contributed by atoms with Gasteiger partial charge < -0.3 is 24.9 Å². The Labute approximate surface area is 203 Å².